The van der Waals surface area contributed by atoms with Gasteiger partial charge in [-0.25, -0.2) is 4.79 Å². The SMILES string of the molecule is CCOC(=O)c1c(NC(=O)CC)sc2c1CCC(C(C)(C)C)C2. The molecule has 1 heterocycles. The molecular weight excluding hydrogens is 310 g/mol. The molecule has 4 nitrogen and oxygen atoms in total. The number of carbonyl (C=O) groups is 2. The highest BCUT2D eigenvalue weighted by Crippen LogP contribution is 2.44. The third-order valence-electron chi connectivity index (χ3n) is 4.54. The lowest BCUT2D eigenvalue weighted by atomic mass is 9.72. The monoisotopic (exact) mass is 337 g/mol. The van der Waals surface area contributed by atoms with Crippen molar-refractivity contribution in [3.8, 4) is 0 Å². The highest BCUT2D eigenvalue weighted by Gasteiger charge is 2.34. The van der Waals surface area contributed by atoms with Gasteiger partial charge < -0.3 is 10.1 Å². The lowest BCUT2D eigenvalue weighted by Crippen LogP contribution is -2.26. The Balaban J connectivity index is 2.38. The van der Waals surface area contributed by atoms with E-state index in [0.29, 0.717) is 29.5 Å². The van der Waals surface area contributed by atoms with Crippen LogP contribution in [0.5, 0.6) is 0 Å². The number of anilines is 1. The fraction of sp³-hybridized carbons (Fsp3) is 0.667. The van der Waals surface area contributed by atoms with Gasteiger partial charge in [-0.1, -0.05) is 27.7 Å². The van der Waals surface area contributed by atoms with E-state index < -0.39 is 0 Å². The summed E-state index contributed by atoms with van der Waals surface area (Å²) in [6.07, 6.45) is 3.32. The van der Waals surface area contributed by atoms with Crippen LogP contribution < -0.4 is 5.32 Å². The number of hydrogen-bond acceptors (Lipinski definition) is 4. The molecule has 0 saturated carbocycles. The van der Waals surface area contributed by atoms with E-state index in [1.807, 2.05) is 6.92 Å². The molecule has 0 spiro atoms. The predicted molar refractivity (Wildman–Crippen MR) is 94.2 cm³/mol. The van der Waals surface area contributed by atoms with E-state index in [1.54, 1.807) is 18.3 Å². The van der Waals surface area contributed by atoms with E-state index in [0.717, 1.165) is 24.8 Å². The Morgan fingerprint density at radius 3 is 2.57 bits per heavy atom. The Morgan fingerprint density at radius 1 is 1.30 bits per heavy atom. The summed E-state index contributed by atoms with van der Waals surface area (Å²) in [6.45, 7) is 10.8. The molecule has 1 aliphatic rings. The van der Waals surface area contributed by atoms with Crippen LogP contribution in [0.15, 0.2) is 0 Å². The first kappa shape index (κ1) is 18.0. The molecule has 0 bridgehead atoms. The van der Waals surface area contributed by atoms with Crippen LogP contribution in [0.2, 0.25) is 0 Å². The van der Waals surface area contributed by atoms with E-state index in [9.17, 15) is 9.59 Å². The van der Waals surface area contributed by atoms with Crippen molar-refractivity contribution in [2.45, 2.75) is 60.3 Å². The van der Waals surface area contributed by atoms with Crippen LogP contribution in [0.25, 0.3) is 0 Å². The summed E-state index contributed by atoms with van der Waals surface area (Å²) in [5.74, 6) is 0.213. The van der Waals surface area contributed by atoms with E-state index in [4.69, 9.17) is 4.74 Å². The Kier molecular flexibility index (Phi) is 5.50. The number of thiophene rings is 1. The van der Waals surface area contributed by atoms with Gasteiger partial charge in [-0.2, -0.15) is 0 Å². The number of rotatable bonds is 4. The fourth-order valence-corrected chi connectivity index (χ4v) is 4.38. The average molecular weight is 337 g/mol. The van der Waals surface area contributed by atoms with Gasteiger partial charge in [0.25, 0.3) is 0 Å². The molecule has 1 amide bonds. The minimum atomic E-state index is -0.314. The molecule has 1 aromatic rings. The molecule has 0 aliphatic heterocycles. The second-order valence-corrected chi connectivity index (χ2v) is 8.24. The summed E-state index contributed by atoms with van der Waals surface area (Å²) in [5, 5.41) is 3.55. The molecule has 128 valence electrons. The van der Waals surface area contributed by atoms with E-state index >= 15 is 0 Å². The van der Waals surface area contributed by atoms with Crippen LogP contribution in [0.4, 0.5) is 5.00 Å². The molecule has 0 aromatic carbocycles. The average Bonchev–Trinajstić information content (AvgIpc) is 2.83. The van der Waals surface area contributed by atoms with E-state index in [2.05, 4.69) is 26.1 Å². The number of fused-ring (bicyclic) bond motifs is 1. The number of hydrogen-bond donors (Lipinski definition) is 1. The van der Waals surface area contributed by atoms with Crippen LogP contribution in [0.1, 0.15) is 68.3 Å². The molecule has 1 N–H and O–H groups in total. The van der Waals surface area contributed by atoms with Crippen molar-refractivity contribution in [1.29, 1.82) is 0 Å². The zero-order chi connectivity index (χ0) is 17.2. The number of nitrogens with one attached hydrogen (secondary N) is 1. The highest BCUT2D eigenvalue weighted by molar-refractivity contribution is 7.17. The summed E-state index contributed by atoms with van der Waals surface area (Å²) >= 11 is 1.55. The third-order valence-corrected chi connectivity index (χ3v) is 5.71. The second kappa shape index (κ2) is 7.04. The van der Waals surface area contributed by atoms with Crippen LogP contribution >= 0.6 is 11.3 Å². The number of carbonyl (C=O) groups excluding carboxylic acids is 2. The van der Waals surface area contributed by atoms with Crippen LogP contribution in [0, 0.1) is 11.3 Å². The molecule has 1 aromatic heterocycles. The predicted octanol–water partition coefficient (Wildman–Crippen LogP) is 4.42. The van der Waals surface area contributed by atoms with Gasteiger partial charge in [0, 0.05) is 11.3 Å². The zero-order valence-electron chi connectivity index (χ0n) is 14.7. The third kappa shape index (κ3) is 3.94. The maximum atomic E-state index is 12.4. The molecular formula is C18H27NO3S. The van der Waals surface area contributed by atoms with Gasteiger partial charge in [0.1, 0.15) is 5.00 Å². The van der Waals surface area contributed by atoms with Crippen LogP contribution in [-0.2, 0) is 22.4 Å². The van der Waals surface area contributed by atoms with Crippen molar-refractivity contribution in [3.05, 3.63) is 16.0 Å². The Hall–Kier alpha value is -1.36. The number of esters is 1. The Morgan fingerprint density at radius 2 is 2.00 bits per heavy atom. The summed E-state index contributed by atoms with van der Waals surface area (Å²) in [6, 6.07) is 0. The lowest BCUT2D eigenvalue weighted by Gasteiger charge is -2.33. The molecule has 5 heteroatoms. The van der Waals surface area contributed by atoms with Gasteiger partial charge in [0.05, 0.1) is 12.2 Å². The largest absolute Gasteiger partial charge is 0.462 e. The second-order valence-electron chi connectivity index (χ2n) is 7.14. The smallest absolute Gasteiger partial charge is 0.341 e. The standard InChI is InChI=1S/C18H27NO3S/c1-6-14(20)19-16-15(17(21)22-7-2)12-9-8-11(18(3,4)5)10-13(12)23-16/h11H,6-10H2,1-5H3,(H,19,20). The topological polar surface area (TPSA) is 55.4 Å². The van der Waals surface area contributed by atoms with Gasteiger partial charge in [0.2, 0.25) is 5.91 Å². The van der Waals surface area contributed by atoms with Gasteiger partial charge in [-0.3, -0.25) is 4.79 Å². The van der Waals surface area contributed by atoms with Crippen LogP contribution in [0.3, 0.4) is 0 Å². The summed E-state index contributed by atoms with van der Waals surface area (Å²) < 4.78 is 5.22. The van der Waals surface area contributed by atoms with Crippen molar-refractivity contribution in [3.63, 3.8) is 0 Å². The first-order valence-corrected chi connectivity index (χ1v) is 9.21. The summed E-state index contributed by atoms with van der Waals surface area (Å²) in [4.78, 5) is 25.4. The minimum absolute atomic E-state index is 0.0680. The summed E-state index contributed by atoms with van der Waals surface area (Å²) in [7, 11) is 0. The van der Waals surface area contributed by atoms with Crippen molar-refractivity contribution in [2.24, 2.45) is 11.3 Å². The van der Waals surface area contributed by atoms with Gasteiger partial charge in [-0.05, 0) is 43.1 Å². The van der Waals surface area contributed by atoms with Crippen molar-refractivity contribution < 1.29 is 14.3 Å². The van der Waals surface area contributed by atoms with Gasteiger partial charge in [-0.15, -0.1) is 11.3 Å². The Bertz CT molecular complexity index is 598. The maximum Gasteiger partial charge on any atom is 0.341 e. The van der Waals surface area contributed by atoms with Crippen molar-refractivity contribution in [2.75, 3.05) is 11.9 Å². The van der Waals surface area contributed by atoms with Crippen LogP contribution in [-0.4, -0.2) is 18.5 Å². The molecule has 23 heavy (non-hydrogen) atoms. The summed E-state index contributed by atoms with van der Waals surface area (Å²) in [5.41, 5.74) is 1.92. The molecule has 0 radical (unpaired) electrons. The minimum Gasteiger partial charge on any atom is -0.462 e. The fourth-order valence-electron chi connectivity index (χ4n) is 3.05. The van der Waals surface area contributed by atoms with Gasteiger partial charge in [0.15, 0.2) is 0 Å². The molecule has 0 saturated heterocycles. The molecule has 2 rings (SSSR count). The first-order valence-electron chi connectivity index (χ1n) is 8.39. The maximum absolute atomic E-state index is 12.4. The molecule has 1 unspecified atom stereocenters. The quantitative estimate of drug-likeness (QED) is 0.827. The van der Waals surface area contributed by atoms with E-state index in [-0.39, 0.29) is 17.3 Å². The van der Waals surface area contributed by atoms with Crippen molar-refractivity contribution >= 4 is 28.2 Å². The number of amides is 1. The number of ether oxygens (including phenoxy) is 1. The highest BCUT2D eigenvalue weighted by atomic mass is 32.1. The normalized spacial score (nSPS) is 17.5. The Labute approximate surface area is 142 Å². The van der Waals surface area contributed by atoms with Gasteiger partial charge >= 0.3 is 5.97 Å². The first-order chi connectivity index (χ1) is 10.8. The zero-order valence-corrected chi connectivity index (χ0v) is 15.6. The molecule has 0 fully saturated rings. The van der Waals surface area contributed by atoms with Crippen molar-refractivity contribution in [1.82, 2.24) is 0 Å². The molecule has 1 atom stereocenters. The lowest BCUT2D eigenvalue weighted by molar-refractivity contribution is -0.115. The molecule has 1 aliphatic carbocycles. The van der Waals surface area contributed by atoms with E-state index in [1.165, 1.54) is 4.88 Å².